The highest BCUT2D eigenvalue weighted by atomic mass is 16.2. The molecule has 4 nitrogen and oxygen atoms in total. The molecule has 2 heterocycles. The quantitative estimate of drug-likeness (QED) is 0.757. The third kappa shape index (κ3) is 2.80. The maximum Gasteiger partial charge on any atom is 0.227 e. The Bertz CT molecular complexity index is 272. The molecule has 2 rings (SSSR count). The molecule has 1 N–H and O–H groups in total. The van der Waals surface area contributed by atoms with Crippen LogP contribution >= 0.6 is 0 Å². The first-order chi connectivity index (χ1) is 8.09. The molecule has 98 valence electrons. The lowest BCUT2D eigenvalue weighted by Crippen LogP contribution is -2.52. The molecule has 0 saturated carbocycles. The number of hydrogen-bond donors (Lipinski definition) is 1. The molecule has 0 spiro atoms. The van der Waals surface area contributed by atoms with E-state index in [1.165, 1.54) is 0 Å². The number of hydrogen-bond acceptors (Lipinski definition) is 3. The topological polar surface area (TPSA) is 35.6 Å². The van der Waals surface area contributed by atoms with E-state index in [9.17, 15) is 4.79 Å². The van der Waals surface area contributed by atoms with Gasteiger partial charge in [-0.1, -0.05) is 6.92 Å². The zero-order valence-corrected chi connectivity index (χ0v) is 11.3. The molecule has 0 unspecified atom stereocenters. The van der Waals surface area contributed by atoms with E-state index < -0.39 is 0 Å². The van der Waals surface area contributed by atoms with Crippen LogP contribution in [0.3, 0.4) is 0 Å². The van der Waals surface area contributed by atoms with Gasteiger partial charge in [0.15, 0.2) is 0 Å². The summed E-state index contributed by atoms with van der Waals surface area (Å²) in [7, 11) is 0. The lowest BCUT2D eigenvalue weighted by atomic mass is 9.96. The van der Waals surface area contributed by atoms with E-state index in [1.807, 2.05) is 0 Å². The molecule has 2 fully saturated rings. The van der Waals surface area contributed by atoms with Crippen LogP contribution in [0.1, 0.15) is 20.8 Å². The van der Waals surface area contributed by atoms with E-state index in [4.69, 9.17) is 0 Å². The van der Waals surface area contributed by atoms with Crippen molar-refractivity contribution in [2.24, 2.45) is 11.8 Å². The average molecular weight is 239 g/mol. The van der Waals surface area contributed by atoms with Crippen LogP contribution in [0.5, 0.6) is 0 Å². The Labute approximate surface area is 104 Å². The van der Waals surface area contributed by atoms with Gasteiger partial charge in [-0.3, -0.25) is 9.69 Å². The van der Waals surface area contributed by atoms with Gasteiger partial charge in [0, 0.05) is 38.8 Å². The summed E-state index contributed by atoms with van der Waals surface area (Å²) in [5, 5.41) is 3.31. The Morgan fingerprint density at radius 3 is 2.29 bits per heavy atom. The van der Waals surface area contributed by atoms with Crippen LogP contribution in [0.25, 0.3) is 0 Å². The van der Waals surface area contributed by atoms with Crippen molar-refractivity contribution in [3.63, 3.8) is 0 Å². The number of rotatable bonds is 2. The number of amides is 1. The Balaban J connectivity index is 1.86. The highest BCUT2D eigenvalue weighted by Crippen LogP contribution is 2.19. The smallest absolute Gasteiger partial charge is 0.227 e. The fourth-order valence-electron chi connectivity index (χ4n) is 2.83. The van der Waals surface area contributed by atoms with Gasteiger partial charge in [0.25, 0.3) is 0 Å². The van der Waals surface area contributed by atoms with E-state index >= 15 is 0 Å². The first-order valence-electron chi connectivity index (χ1n) is 6.83. The molecule has 1 amide bonds. The Morgan fingerprint density at radius 2 is 1.82 bits per heavy atom. The highest BCUT2D eigenvalue weighted by molar-refractivity contribution is 5.79. The summed E-state index contributed by atoms with van der Waals surface area (Å²) in [4.78, 5) is 16.9. The average Bonchev–Trinajstić information content (AvgIpc) is 2.74. The Kier molecular flexibility index (Phi) is 4.05. The molecule has 2 atom stereocenters. The van der Waals surface area contributed by atoms with Gasteiger partial charge in [-0.2, -0.15) is 0 Å². The molecule has 0 aliphatic carbocycles. The zero-order chi connectivity index (χ0) is 12.4. The molecular weight excluding hydrogens is 214 g/mol. The van der Waals surface area contributed by atoms with Gasteiger partial charge >= 0.3 is 0 Å². The van der Waals surface area contributed by atoms with Gasteiger partial charge in [-0.05, 0) is 26.3 Å². The van der Waals surface area contributed by atoms with Crippen LogP contribution < -0.4 is 5.32 Å². The van der Waals surface area contributed by atoms with Crippen molar-refractivity contribution < 1.29 is 4.79 Å². The summed E-state index contributed by atoms with van der Waals surface area (Å²) < 4.78 is 0. The molecule has 2 aliphatic rings. The third-order valence-corrected chi connectivity index (χ3v) is 4.19. The minimum atomic E-state index is 0.209. The summed E-state index contributed by atoms with van der Waals surface area (Å²) in [6, 6.07) is 0.597. The van der Waals surface area contributed by atoms with Gasteiger partial charge < -0.3 is 10.2 Å². The van der Waals surface area contributed by atoms with E-state index in [0.29, 0.717) is 17.9 Å². The third-order valence-electron chi connectivity index (χ3n) is 4.19. The Morgan fingerprint density at radius 1 is 1.18 bits per heavy atom. The molecule has 4 heteroatoms. The molecule has 0 aromatic heterocycles. The maximum atomic E-state index is 12.4. The maximum absolute atomic E-state index is 12.4. The zero-order valence-electron chi connectivity index (χ0n) is 11.3. The van der Waals surface area contributed by atoms with Crippen molar-refractivity contribution in [1.82, 2.24) is 15.1 Å². The summed E-state index contributed by atoms with van der Waals surface area (Å²) in [5.41, 5.74) is 0. The monoisotopic (exact) mass is 239 g/mol. The number of carbonyl (C=O) groups is 1. The van der Waals surface area contributed by atoms with Gasteiger partial charge in [-0.25, -0.2) is 0 Å². The van der Waals surface area contributed by atoms with Crippen LogP contribution in [0.4, 0.5) is 0 Å². The van der Waals surface area contributed by atoms with Gasteiger partial charge in [0.1, 0.15) is 0 Å². The van der Waals surface area contributed by atoms with Crippen LogP contribution in [0.2, 0.25) is 0 Å². The van der Waals surface area contributed by atoms with E-state index in [0.717, 1.165) is 39.3 Å². The summed E-state index contributed by atoms with van der Waals surface area (Å²) in [5.74, 6) is 1.07. The van der Waals surface area contributed by atoms with Crippen LogP contribution in [0, 0.1) is 11.8 Å². The largest absolute Gasteiger partial charge is 0.340 e. The van der Waals surface area contributed by atoms with Crippen molar-refractivity contribution in [1.29, 1.82) is 0 Å². The first-order valence-corrected chi connectivity index (χ1v) is 6.83. The fourth-order valence-corrected chi connectivity index (χ4v) is 2.83. The molecular formula is C13H25N3O. The minimum Gasteiger partial charge on any atom is -0.340 e. The number of carbonyl (C=O) groups excluding carboxylic acids is 1. The Hall–Kier alpha value is -0.610. The fraction of sp³-hybridized carbons (Fsp3) is 0.923. The van der Waals surface area contributed by atoms with Crippen molar-refractivity contribution in [2.45, 2.75) is 26.8 Å². The van der Waals surface area contributed by atoms with Crippen LogP contribution in [-0.4, -0.2) is 61.0 Å². The van der Waals surface area contributed by atoms with Gasteiger partial charge in [-0.15, -0.1) is 0 Å². The van der Waals surface area contributed by atoms with Gasteiger partial charge in [0.2, 0.25) is 5.91 Å². The number of piperazine rings is 1. The SMILES string of the molecule is CC(C)N1CCN(C(=O)[C@@H]2CNC[C@H]2C)CC1. The normalized spacial score (nSPS) is 31.2. The van der Waals surface area contributed by atoms with Crippen molar-refractivity contribution >= 4 is 5.91 Å². The van der Waals surface area contributed by atoms with Crippen LogP contribution in [0.15, 0.2) is 0 Å². The number of nitrogens with zero attached hydrogens (tertiary/aromatic N) is 2. The van der Waals surface area contributed by atoms with Crippen molar-refractivity contribution in [2.75, 3.05) is 39.3 Å². The second kappa shape index (κ2) is 5.36. The molecule has 0 bridgehead atoms. The standard InChI is InChI=1S/C13H25N3O/c1-10(2)15-4-6-16(7-5-15)13(17)12-9-14-8-11(12)3/h10-12,14H,4-9H2,1-3H3/t11-,12-/m1/s1. The predicted molar refractivity (Wildman–Crippen MR) is 68.8 cm³/mol. The summed E-state index contributed by atoms with van der Waals surface area (Å²) in [6.45, 7) is 12.3. The summed E-state index contributed by atoms with van der Waals surface area (Å²) in [6.07, 6.45) is 0. The predicted octanol–water partition coefficient (Wildman–Crippen LogP) is 0.395. The second-order valence-electron chi connectivity index (χ2n) is 5.70. The van der Waals surface area contributed by atoms with E-state index in [2.05, 4.69) is 35.9 Å². The van der Waals surface area contributed by atoms with Crippen molar-refractivity contribution in [3.8, 4) is 0 Å². The molecule has 0 radical (unpaired) electrons. The minimum absolute atomic E-state index is 0.209. The molecule has 0 aromatic rings. The van der Waals surface area contributed by atoms with E-state index in [1.54, 1.807) is 0 Å². The summed E-state index contributed by atoms with van der Waals surface area (Å²) >= 11 is 0. The molecule has 2 aliphatic heterocycles. The molecule has 2 saturated heterocycles. The highest BCUT2D eigenvalue weighted by Gasteiger charge is 2.34. The molecule has 17 heavy (non-hydrogen) atoms. The second-order valence-corrected chi connectivity index (χ2v) is 5.70. The van der Waals surface area contributed by atoms with Crippen LogP contribution in [-0.2, 0) is 4.79 Å². The van der Waals surface area contributed by atoms with Gasteiger partial charge in [0.05, 0.1) is 5.92 Å². The van der Waals surface area contributed by atoms with Crippen molar-refractivity contribution in [3.05, 3.63) is 0 Å². The number of nitrogens with one attached hydrogen (secondary N) is 1. The first kappa shape index (κ1) is 12.8. The van der Waals surface area contributed by atoms with E-state index in [-0.39, 0.29) is 5.92 Å². The molecule has 0 aromatic carbocycles. The lowest BCUT2D eigenvalue weighted by Gasteiger charge is -2.38. The lowest BCUT2D eigenvalue weighted by molar-refractivity contribution is -0.138.